The van der Waals surface area contributed by atoms with Gasteiger partial charge in [-0.3, -0.25) is 0 Å². The Morgan fingerprint density at radius 2 is 1.89 bits per heavy atom. The van der Waals surface area contributed by atoms with Gasteiger partial charge in [0.1, 0.15) is 0 Å². The van der Waals surface area contributed by atoms with Crippen molar-refractivity contribution in [3.05, 3.63) is 47.5 Å². The summed E-state index contributed by atoms with van der Waals surface area (Å²) in [6.07, 6.45) is 0. The number of hydrogen-bond acceptors (Lipinski definition) is 3. The molecule has 1 aromatic heterocycles. The lowest BCUT2D eigenvalue weighted by atomic mass is 10.3. The summed E-state index contributed by atoms with van der Waals surface area (Å²) in [5, 5.41) is 1.55. The molecule has 2 aromatic carbocycles. The second-order valence-electron chi connectivity index (χ2n) is 3.87. The Bertz CT molecular complexity index is 691. The van der Waals surface area contributed by atoms with E-state index in [4.69, 9.17) is 17.3 Å². The minimum Gasteiger partial charge on any atom is -0.399 e. The first kappa shape index (κ1) is 11.4. The highest BCUT2D eigenvalue weighted by molar-refractivity contribution is 7.99. The van der Waals surface area contributed by atoms with E-state index in [9.17, 15) is 0 Å². The fourth-order valence-corrected chi connectivity index (χ4v) is 2.63. The lowest BCUT2D eigenvalue weighted by molar-refractivity contribution is 1.08. The topological polar surface area (TPSA) is 54.7 Å². The van der Waals surface area contributed by atoms with Crippen LogP contribution in [0.25, 0.3) is 11.0 Å². The lowest BCUT2D eigenvalue weighted by Crippen LogP contribution is -1.82. The Labute approximate surface area is 113 Å². The molecule has 0 unspecified atom stereocenters. The molecule has 0 aliphatic carbocycles. The average molecular weight is 276 g/mol. The van der Waals surface area contributed by atoms with Gasteiger partial charge in [0, 0.05) is 15.6 Å². The number of nitrogen functional groups attached to an aromatic ring is 1. The van der Waals surface area contributed by atoms with Crippen LogP contribution in [0, 0.1) is 0 Å². The minimum absolute atomic E-state index is 0.704. The van der Waals surface area contributed by atoms with Gasteiger partial charge in [-0.1, -0.05) is 23.4 Å². The molecule has 3 nitrogen and oxygen atoms in total. The SMILES string of the molecule is Nc1ccc(Sc2nc3ccc(Cl)cc3[nH]2)cc1. The van der Waals surface area contributed by atoms with Crippen molar-refractivity contribution in [2.45, 2.75) is 10.1 Å². The molecule has 3 aromatic rings. The third-order valence-corrected chi connectivity index (χ3v) is 3.65. The van der Waals surface area contributed by atoms with Crippen molar-refractivity contribution in [2.24, 2.45) is 0 Å². The van der Waals surface area contributed by atoms with E-state index >= 15 is 0 Å². The molecule has 0 atom stereocenters. The zero-order valence-electron chi connectivity index (χ0n) is 9.35. The van der Waals surface area contributed by atoms with Crippen molar-refractivity contribution in [3.63, 3.8) is 0 Å². The van der Waals surface area contributed by atoms with Crippen molar-refractivity contribution in [2.75, 3.05) is 5.73 Å². The molecular formula is C13H10ClN3S. The number of fused-ring (bicyclic) bond motifs is 1. The van der Waals surface area contributed by atoms with Crippen LogP contribution >= 0.6 is 23.4 Å². The number of anilines is 1. The van der Waals surface area contributed by atoms with Crippen LogP contribution in [0.15, 0.2) is 52.5 Å². The molecule has 5 heteroatoms. The van der Waals surface area contributed by atoms with Gasteiger partial charge in [0.15, 0.2) is 5.16 Å². The van der Waals surface area contributed by atoms with Crippen LogP contribution in [0.3, 0.4) is 0 Å². The molecule has 0 bridgehead atoms. The Hall–Kier alpha value is -1.65. The fraction of sp³-hybridized carbons (Fsp3) is 0. The van der Waals surface area contributed by atoms with E-state index < -0.39 is 0 Å². The van der Waals surface area contributed by atoms with E-state index in [1.54, 1.807) is 11.8 Å². The predicted octanol–water partition coefficient (Wildman–Crippen LogP) is 3.95. The minimum atomic E-state index is 0.704. The molecule has 90 valence electrons. The number of halogens is 1. The summed E-state index contributed by atoms with van der Waals surface area (Å²) in [6, 6.07) is 13.3. The number of H-pyrrole nitrogens is 1. The number of hydrogen-bond donors (Lipinski definition) is 2. The molecule has 0 saturated heterocycles. The van der Waals surface area contributed by atoms with E-state index in [1.165, 1.54) is 0 Å². The van der Waals surface area contributed by atoms with Gasteiger partial charge in [0.25, 0.3) is 0 Å². The van der Waals surface area contributed by atoms with Crippen LogP contribution in [0.2, 0.25) is 5.02 Å². The van der Waals surface area contributed by atoms with Gasteiger partial charge in [-0.2, -0.15) is 0 Å². The summed E-state index contributed by atoms with van der Waals surface area (Å²) in [5.41, 5.74) is 8.27. The third-order valence-electron chi connectivity index (χ3n) is 2.52. The maximum Gasteiger partial charge on any atom is 0.171 e. The first-order valence-electron chi connectivity index (χ1n) is 5.39. The normalized spacial score (nSPS) is 10.9. The first-order chi connectivity index (χ1) is 8.70. The highest BCUT2D eigenvalue weighted by Crippen LogP contribution is 2.28. The van der Waals surface area contributed by atoms with Crippen LogP contribution < -0.4 is 5.73 Å². The summed E-state index contributed by atoms with van der Waals surface area (Å²) in [7, 11) is 0. The maximum absolute atomic E-state index is 5.94. The second kappa shape index (κ2) is 4.55. The Morgan fingerprint density at radius 3 is 2.67 bits per heavy atom. The predicted molar refractivity (Wildman–Crippen MR) is 76.1 cm³/mol. The largest absolute Gasteiger partial charge is 0.399 e. The molecule has 0 spiro atoms. The lowest BCUT2D eigenvalue weighted by Gasteiger charge is -1.97. The number of nitrogens with one attached hydrogen (secondary N) is 1. The number of imidazole rings is 1. The summed E-state index contributed by atoms with van der Waals surface area (Å²) in [6.45, 7) is 0. The van der Waals surface area contributed by atoms with E-state index in [0.717, 1.165) is 26.8 Å². The van der Waals surface area contributed by atoms with E-state index in [1.807, 2.05) is 42.5 Å². The van der Waals surface area contributed by atoms with Crippen LogP contribution in [-0.2, 0) is 0 Å². The molecule has 0 radical (unpaired) electrons. The molecule has 0 aliphatic rings. The summed E-state index contributed by atoms with van der Waals surface area (Å²) in [5.74, 6) is 0. The Balaban J connectivity index is 1.92. The maximum atomic E-state index is 5.94. The van der Waals surface area contributed by atoms with Crippen molar-refractivity contribution >= 4 is 40.1 Å². The molecule has 0 amide bonds. The van der Waals surface area contributed by atoms with E-state index in [-0.39, 0.29) is 0 Å². The molecule has 0 fully saturated rings. The second-order valence-corrected chi connectivity index (χ2v) is 5.37. The van der Waals surface area contributed by atoms with Crippen molar-refractivity contribution < 1.29 is 0 Å². The van der Waals surface area contributed by atoms with E-state index in [0.29, 0.717) is 5.02 Å². The number of aromatic amines is 1. The van der Waals surface area contributed by atoms with E-state index in [2.05, 4.69) is 9.97 Å². The molecule has 0 aliphatic heterocycles. The molecule has 18 heavy (non-hydrogen) atoms. The third kappa shape index (κ3) is 2.30. The summed E-state index contributed by atoms with van der Waals surface area (Å²) >= 11 is 7.50. The number of aromatic nitrogens is 2. The van der Waals surface area contributed by atoms with Crippen molar-refractivity contribution in [3.8, 4) is 0 Å². The molecule has 3 rings (SSSR count). The van der Waals surface area contributed by atoms with Crippen LogP contribution in [0.1, 0.15) is 0 Å². The van der Waals surface area contributed by atoms with Gasteiger partial charge in [-0.15, -0.1) is 0 Å². The summed E-state index contributed by atoms with van der Waals surface area (Å²) < 4.78 is 0. The van der Waals surface area contributed by atoms with Crippen LogP contribution in [0.4, 0.5) is 5.69 Å². The molecule has 3 N–H and O–H groups in total. The van der Waals surface area contributed by atoms with Gasteiger partial charge in [0.2, 0.25) is 0 Å². The highest BCUT2D eigenvalue weighted by Gasteiger charge is 2.05. The Kier molecular flexibility index (Phi) is 2.89. The van der Waals surface area contributed by atoms with Gasteiger partial charge in [-0.05, 0) is 42.5 Å². The number of rotatable bonds is 2. The number of nitrogens with zero attached hydrogens (tertiary/aromatic N) is 1. The first-order valence-corrected chi connectivity index (χ1v) is 6.59. The standard InChI is InChI=1S/C13H10ClN3S/c14-8-1-6-11-12(7-8)17-13(16-11)18-10-4-2-9(15)3-5-10/h1-7H,15H2,(H,16,17). The zero-order chi connectivity index (χ0) is 12.5. The quantitative estimate of drug-likeness (QED) is 0.696. The monoisotopic (exact) mass is 275 g/mol. The van der Waals surface area contributed by atoms with Crippen LogP contribution in [-0.4, -0.2) is 9.97 Å². The van der Waals surface area contributed by atoms with Gasteiger partial charge in [0.05, 0.1) is 11.0 Å². The number of benzene rings is 2. The van der Waals surface area contributed by atoms with Crippen molar-refractivity contribution in [1.29, 1.82) is 0 Å². The van der Waals surface area contributed by atoms with Crippen LogP contribution in [0.5, 0.6) is 0 Å². The van der Waals surface area contributed by atoms with Crippen molar-refractivity contribution in [1.82, 2.24) is 9.97 Å². The van der Waals surface area contributed by atoms with Gasteiger partial charge >= 0.3 is 0 Å². The summed E-state index contributed by atoms with van der Waals surface area (Å²) in [4.78, 5) is 8.82. The molecular weight excluding hydrogens is 266 g/mol. The Morgan fingerprint density at radius 1 is 1.11 bits per heavy atom. The van der Waals surface area contributed by atoms with Gasteiger partial charge in [-0.25, -0.2) is 4.98 Å². The molecule has 1 heterocycles. The average Bonchev–Trinajstić information content (AvgIpc) is 2.73. The fourth-order valence-electron chi connectivity index (χ4n) is 1.65. The molecule has 0 saturated carbocycles. The number of nitrogens with two attached hydrogens (primary N) is 1. The zero-order valence-corrected chi connectivity index (χ0v) is 10.9. The smallest absolute Gasteiger partial charge is 0.171 e. The highest BCUT2D eigenvalue weighted by atomic mass is 35.5. The van der Waals surface area contributed by atoms with Gasteiger partial charge < -0.3 is 10.7 Å².